The summed E-state index contributed by atoms with van der Waals surface area (Å²) in [7, 11) is -4.27. The lowest BCUT2D eigenvalue weighted by molar-refractivity contribution is -0.384. The molecule has 0 atom stereocenters. The van der Waals surface area contributed by atoms with E-state index in [4.69, 9.17) is 10.4 Å². The van der Waals surface area contributed by atoms with E-state index in [2.05, 4.69) is 5.10 Å². The number of hydrogen-bond acceptors (Lipinski definition) is 6. The van der Waals surface area contributed by atoms with E-state index in [0.717, 1.165) is 10.9 Å². The van der Waals surface area contributed by atoms with Gasteiger partial charge in [0.15, 0.2) is 5.03 Å². The van der Waals surface area contributed by atoms with Crippen molar-refractivity contribution < 1.29 is 13.3 Å². The van der Waals surface area contributed by atoms with Gasteiger partial charge in [-0.15, -0.1) is 0 Å². The number of hydrogen-bond donors (Lipinski definition) is 1. The van der Waals surface area contributed by atoms with Crippen molar-refractivity contribution in [2.75, 3.05) is 0 Å². The molecule has 2 rings (SSSR count). The van der Waals surface area contributed by atoms with E-state index in [1.54, 1.807) is 6.07 Å². The van der Waals surface area contributed by atoms with Crippen molar-refractivity contribution >= 4 is 15.7 Å². The van der Waals surface area contributed by atoms with E-state index in [1.807, 2.05) is 0 Å². The molecule has 1 aromatic carbocycles. The van der Waals surface area contributed by atoms with E-state index in [-0.39, 0.29) is 16.9 Å². The Morgan fingerprint density at radius 3 is 2.60 bits per heavy atom. The van der Waals surface area contributed by atoms with Crippen molar-refractivity contribution in [3.8, 4) is 11.8 Å². The molecular weight excluding hydrogens is 286 g/mol. The van der Waals surface area contributed by atoms with Gasteiger partial charge in [-0.25, -0.2) is 18.2 Å². The fraction of sp³-hybridized carbons (Fsp3) is 0. The van der Waals surface area contributed by atoms with Crippen molar-refractivity contribution in [3.63, 3.8) is 0 Å². The molecule has 0 bridgehead atoms. The molecule has 0 spiro atoms. The van der Waals surface area contributed by atoms with Crippen LogP contribution in [-0.2, 0) is 10.0 Å². The van der Waals surface area contributed by atoms with Gasteiger partial charge >= 0.3 is 0 Å². The molecule has 0 amide bonds. The number of nitro benzene ring substituents is 1. The fourth-order valence-corrected chi connectivity index (χ4v) is 2.45. The highest BCUT2D eigenvalue weighted by molar-refractivity contribution is 7.89. The first-order valence-electron chi connectivity index (χ1n) is 5.11. The highest BCUT2D eigenvalue weighted by Gasteiger charge is 2.26. The third-order valence-electron chi connectivity index (χ3n) is 2.42. The predicted molar refractivity (Wildman–Crippen MR) is 66.3 cm³/mol. The zero-order chi connectivity index (χ0) is 14.9. The molecule has 0 radical (unpaired) electrons. The number of primary sulfonamides is 1. The number of nitriles is 1. The topological polar surface area (TPSA) is 145 Å². The maximum atomic E-state index is 11.5. The molecule has 10 heteroatoms. The Kier molecular flexibility index (Phi) is 3.23. The van der Waals surface area contributed by atoms with Crippen LogP contribution in [0.5, 0.6) is 0 Å². The SMILES string of the molecule is N#Cc1cnn(-c2ccccc2[N+](=O)[O-])c1S(N)(=O)=O. The molecule has 0 saturated carbocycles. The summed E-state index contributed by atoms with van der Waals surface area (Å²) in [5.74, 6) is 0. The normalized spacial score (nSPS) is 11.0. The van der Waals surface area contributed by atoms with Crippen LogP contribution in [0.3, 0.4) is 0 Å². The minimum atomic E-state index is -4.27. The van der Waals surface area contributed by atoms with Gasteiger partial charge in [0.1, 0.15) is 17.3 Å². The number of nitrogens with zero attached hydrogens (tertiary/aromatic N) is 4. The second-order valence-corrected chi connectivity index (χ2v) is 5.15. The molecule has 0 unspecified atom stereocenters. The quantitative estimate of drug-likeness (QED) is 0.636. The Bertz CT molecular complexity index is 834. The Morgan fingerprint density at radius 2 is 2.05 bits per heavy atom. The van der Waals surface area contributed by atoms with E-state index in [9.17, 15) is 18.5 Å². The van der Waals surface area contributed by atoms with Crippen molar-refractivity contribution in [1.29, 1.82) is 5.26 Å². The average molecular weight is 293 g/mol. The molecule has 1 heterocycles. The summed E-state index contributed by atoms with van der Waals surface area (Å²) in [5.41, 5.74) is -0.737. The van der Waals surface area contributed by atoms with Crippen molar-refractivity contribution in [1.82, 2.24) is 9.78 Å². The van der Waals surface area contributed by atoms with E-state index in [1.165, 1.54) is 24.3 Å². The first-order chi connectivity index (χ1) is 9.36. The highest BCUT2D eigenvalue weighted by atomic mass is 32.2. The van der Waals surface area contributed by atoms with Crippen LogP contribution in [0.1, 0.15) is 5.56 Å². The molecule has 0 aliphatic carbocycles. The number of nitrogens with two attached hydrogens (primary N) is 1. The summed E-state index contributed by atoms with van der Waals surface area (Å²) in [6.07, 6.45) is 0.983. The minimum Gasteiger partial charge on any atom is -0.258 e. The summed E-state index contributed by atoms with van der Waals surface area (Å²) in [4.78, 5) is 10.3. The lowest BCUT2D eigenvalue weighted by Crippen LogP contribution is -2.19. The summed E-state index contributed by atoms with van der Waals surface area (Å²) in [6.45, 7) is 0. The monoisotopic (exact) mass is 293 g/mol. The number of nitro groups is 1. The van der Waals surface area contributed by atoms with Crippen LogP contribution in [-0.4, -0.2) is 23.1 Å². The zero-order valence-corrected chi connectivity index (χ0v) is 10.6. The van der Waals surface area contributed by atoms with Gasteiger partial charge in [0, 0.05) is 6.07 Å². The molecule has 102 valence electrons. The third-order valence-corrected chi connectivity index (χ3v) is 3.35. The summed E-state index contributed by atoms with van der Waals surface area (Å²) in [6, 6.07) is 7.02. The highest BCUT2D eigenvalue weighted by Crippen LogP contribution is 2.25. The number of benzene rings is 1. The van der Waals surface area contributed by atoms with Crippen LogP contribution in [0.25, 0.3) is 5.69 Å². The smallest absolute Gasteiger partial charge is 0.258 e. The van der Waals surface area contributed by atoms with Gasteiger partial charge in [0.25, 0.3) is 15.7 Å². The summed E-state index contributed by atoms with van der Waals surface area (Å²) < 4.78 is 23.9. The maximum Gasteiger partial charge on any atom is 0.294 e. The van der Waals surface area contributed by atoms with E-state index >= 15 is 0 Å². The molecule has 0 aliphatic heterocycles. The number of sulfonamides is 1. The second kappa shape index (κ2) is 4.72. The van der Waals surface area contributed by atoms with Gasteiger partial charge in [0.2, 0.25) is 0 Å². The standard InChI is InChI=1S/C10H7N5O4S/c11-5-7-6-13-14(10(7)20(12,18)19)8-3-1-2-4-9(8)15(16)17/h1-4,6H,(H2,12,18,19). The average Bonchev–Trinajstić information content (AvgIpc) is 2.82. The number of rotatable bonds is 3. The second-order valence-electron chi connectivity index (χ2n) is 3.68. The first kappa shape index (κ1) is 13.7. The first-order valence-corrected chi connectivity index (χ1v) is 6.65. The lowest BCUT2D eigenvalue weighted by atomic mass is 10.3. The number of para-hydroxylation sites is 2. The van der Waals surface area contributed by atoms with Crippen molar-refractivity contribution in [2.45, 2.75) is 5.03 Å². The molecular formula is C10H7N5O4S. The number of aromatic nitrogens is 2. The summed E-state index contributed by atoms with van der Waals surface area (Å²) in [5, 5.41) is 28.0. The fourth-order valence-electron chi connectivity index (χ4n) is 1.66. The van der Waals surface area contributed by atoms with Crippen LogP contribution in [0.15, 0.2) is 35.5 Å². The Labute approximate surface area is 113 Å². The van der Waals surface area contributed by atoms with E-state index < -0.39 is 20.0 Å². The minimum absolute atomic E-state index is 0.0944. The molecule has 2 N–H and O–H groups in total. The summed E-state index contributed by atoms with van der Waals surface area (Å²) >= 11 is 0. The van der Waals surface area contributed by atoms with Gasteiger partial charge in [0.05, 0.1) is 11.1 Å². The van der Waals surface area contributed by atoms with E-state index in [0.29, 0.717) is 0 Å². The van der Waals surface area contributed by atoms with Crippen LogP contribution >= 0.6 is 0 Å². The third kappa shape index (κ3) is 2.22. The zero-order valence-electron chi connectivity index (χ0n) is 9.79. The van der Waals surface area contributed by atoms with Gasteiger partial charge < -0.3 is 0 Å². The van der Waals surface area contributed by atoms with Gasteiger partial charge in [-0.05, 0) is 6.07 Å². The lowest BCUT2D eigenvalue weighted by Gasteiger charge is -2.06. The van der Waals surface area contributed by atoms with Crippen LogP contribution in [0.4, 0.5) is 5.69 Å². The molecule has 1 aromatic heterocycles. The van der Waals surface area contributed by atoms with Crippen LogP contribution < -0.4 is 5.14 Å². The van der Waals surface area contributed by atoms with Gasteiger partial charge in [-0.3, -0.25) is 10.1 Å². The molecule has 0 fully saturated rings. The Morgan fingerprint density at radius 1 is 1.40 bits per heavy atom. The van der Waals surface area contributed by atoms with Gasteiger partial charge in [-0.2, -0.15) is 10.4 Å². The van der Waals surface area contributed by atoms with Crippen molar-refractivity contribution in [2.24, 2.45) is 5.14 Å². The maximum absolute atomic E-state index is 11.5. The molecule has 2 aromatic rings. The molecule has 0 aliphatic rings. The largest absolute Gasteiger partial charge is 0.294 e. The predicted octanol–water partition coefficient (Wildman–Crippen LogP) is 0.300. The Hall–Kier alpha value is -2.77. The van der Waals surface area contributed by atoms with Crippen molar-refractivity contribution in [3.05, 3.63) is 46.1 Å². The Balaban J connectivity index is 2.83. The molecule has 9 nitrogen and oxygen atoms in total. The van der Waals surface area contributed by atoms with Gasteiger partial charge in [-0.1, -0.05) is 12.1 Å². The van der Waals surface area contributed by atoms with Crippen LogP contribution in [0, 0.1) is 21.4 Å². The molecule has 0 saturated heterocycles. The molecule has 20 heavy (non-hydrogen) atoms. The van der Waals surface area contributed by atoms with Crippen LogP contribution in [0.2, 0.25) is 0 Å².